The Labute approximate surface area is 545 Å². The summed E-state index contributed by atoms with van der Waals surface area (Å²) in [5.41, 5.74) is 8.09. The summed E-state index contributed by atoms with van der Waals surface area (Å²) in [4.78, 5) is 62.3. The van der Waals surface area contributed by atoms with Gasteiger partial charge < -0.3 is 31.1 Å². The second-order valence-corrected chi connectivity index (χ2v) is 25.5. The van der Waals surface area contributed by atoms with Gasteiger partial charge in [0.05, 0.1) is 11.1 Å². The first-order valence-electron chi connectivity index (χ1n) is 33.1. The van der Waals surface area contributed by atoms with Crippen LogP contribution < -0.4 is 21.3 Å². The largest absolute Gasteiger partial charge is 0.416 e. The summed E-state index contributed by atoms with van der Waals surface area (Å²) in [7, 11) is 0. The molecule has 0 unspecified atom stereocenters. The van der Waals surface area contributed by atoms with Crippen molar-refractivity contribution in [3.8, 4) is 44.5 Å². The predicted molar refractivity (Wildman–Crippen MR) is 356 cm³/mol. The van der Waals surface area contributed by atoms with Gasteiger partial charge in [0.25, 0.3) is 11.8 Å². The van der Waals surface area contributed by atoms with Crippen LogP contribution in [0.5, 0.6) is 0 Å². The van der Waals surface area contributed by atoms with E-state index in [0.29, 0.717) is 72.2 Å². The van der Waals surface area contributed by atoms with Crippen molar-refractivity contribution >= 4 is 23.6 Å². The van der Waals surface area contributed by atoms with E-state index < -0.39 is 34.3 Å². The maximum absolute atomic E-state index is 15.1. The number of alkyl halides is 6. The van der Waals surface area contributed by atoms with E-state index in [2.05, 4.69) is 79.6 Å². The van der Waals surface area contributed by atoms with Crippen LogP contribution in [-0.2, 0) is 32.8 Å². The first-order valence-corrected chi connectivity index (χ1v) is 33.1. The molecule has 2 saturated heterocycles. The summed E-state index contributed by atoms with van der Waals surface area (Å²) >= 11 is 0. The van der Waals surface area contributed by atoms with Crippen molar-refractivity contribution in [2.24, 2.45) is 0 Å². The van der Waals surface area contributed by atoms with Crippen LogP contribution in [0.2, 0.25) is 0 Å². The van der Waals surface area contributed by atoms with Crippen LogP contribution in [0.1, 0.15) is 131 Å². The van der Waals surface area contributed by atoms with E-state index in [1.165, 1.54) is 24.3 Å². The summed E-state index contributed by atoms with van der Waals surface area (Å²) < 4.78 is 79.8. The normalized spacial score (nSPS) is 16.1. The van der Waals surface area contributed by atoms with Crippen molar-refractivity contribution in [3.05, 3.63) is 239 Å². The Morgan fingerprint density at radius 1 is 0.372 bits per heavy atom. The lowest BCUT2D eigenvalue weighted by Gasteiger charge is -2.34. The van der Waals surface area contributed by atoms with Crippen molar-refractivity contribution in [2.45, 2.75) is 112 Å². The second kappa shape index (κ2) is 28.4. The zero-order valence-corrected chi connectivity index (χ0v) is 52.6. The van der Waals surface area contributed by atoms with Crippen LogP contribution in [0.3, 0.4) is 0 Å². The van der Waals surface area contributed by atoms with Crippen molar-refractivity contribution in [1.29, 1.82) is 0 Å². The van der Waals surface area contributed by atoms with Crippen LogP contribution in [0.25, 0.3) is 44.5 Å². The van der Waals surface area contributed by atoms with Crippen molar-refractivity contribution in [2.75, 3.05) is 52.4 Å². The van der Waals surface area contributed by atoms with E-state index in [1.54, 1.807) is 48.5 Å². The van der Waals surface area contributed by atoms with E-state index in [0.717, 1.165) is 159 Å². The molecule has 2 fully saturated rings. The number of nitrogens with zero attached hydrogens (tertiary/aromatic N) is 2. The number of piperidine rings is 2. The first kappa shape index (κ1) is 65.2. The minimum atomic E-state index is -4.45. The standard InChI is InChI=1S/C78H78F6N6O4/c79-77(80,81)55-35-31-53(32-36-55)59-19-1-3-25-65(59)71(91)87-57-39-49-89(50-40-57)47-17-13-43-75(67-27-9-5-21-61(67)62-22-6-10-28-68(62)75)73(93)85-45-15-16-46-86-74(94)76(69-29-11-7-23-63(69)64-24-8-12-30-70(64)76)44-14-18-48-90-51-41-58(42-52-90)88-72(92)66-26-4-2-20-60(66)54-33-37-56(38-34-54)78(82,83)84/h1-12,19-38,57-58H,13-18,39-52H2,(H,85,93)(H,86,94)(H,87,91)(H,88,92). The first-order chi connectivity index (χ1) is 45.5. The number of fused-ring (bicyclic) bond motifs is 6. The minimum absolute atomic E-state index is 0.0292. The summed E-state index contributed by atoms with van der Waals surface area (Å²) in [5, 5.41) is 13.1. The molecule has 486 valence electrons. The fourth-order valence-corrected chi connectivity index (χ4v) is 15.0. The van der Waals surface area contributed by atoms with Gasteiger partial charge in [0.2, 0.25) is 11.8 Å². The number of carbonyl (C=O) groups is 4. The molecule has 4 amide bonds. The number of likely N-dealkylation sites (tertiary alicyclic amines) is 2. The minimum Gasteiger partial charge on any atom is -0.355 e. The molecular formula is C78H78F6N6O4. The number of nitrogens with one attached hydrogen (secondary N) is 4. The molecule has 4 aliphatic rings. The fourth-order valence-electron chi connectivity index (χ4n) is 15.0. The number of rotatable bonds is 23. The molecule has 16 heteroatoms. The van der Waals surface area contributed by atoms with Crippen molar-refractivity contribution in [3.63, 3.8) is 0 Å². The second-order valence-electron chi connectivity index (χ2n) is 25.5. The van der Waals surface area contributed by atoms with E-state index in [4.69, 9.17) is 0 Å². The maximum Gasteiger partial charge on any atom is 0.416 e. The molecule has 0 atom stereocenters. The Hall–Kier alpha value is -8.86. The third-order valence-corrected chi connectivity index (χ3v) is 19.9. The summed E-state index contributed by atoms with van der Waals surface area (Å²) in [5.74, 6) is -0.563. The lowest BCUT2D eigenvalue weighted by Crippen LogP contribution is -2.46. The molecule has 8 aromatic rings. The summed E-state index contributed by atoms with van der Waals surface area (Å²) in [6.45, 7) is 5.72. The summed E-state index contributed by atoms with van der Waals surface area (Å²) in [6, 6.07) is 56.6. The molecule has 8 aromatic carbocycles. The Morgan fingerprint density at radius 3 is 0.989 bits per heavy atom. The van der Waals surface area contributed by atoms with E-state index in [9.17, 15) is 35.9 Å². The molecule has 94 heavy (non-hydrogen) atoms. The third-order valence-electron chi connectivity index (χ3n) is 19.9. The van der Waals surface area contributed by atoms with Crippen LogP contribution in [0.15, 0.2) is 194 Å². The van der Waals surface area contributed by atoms with E-state index >= 15 is 9.59 Å². The highest BCUT2D eigenvalue weighted by Gasteiger charge is 2.50. The number of halogens is 6. The molecule has 4 N–H and O–H groups in total. The Bertz CT molecular complexity index is 3650. The highest BCUT2D eigenvalue weighted by atomic mass is 19.4. The van der Waals surface area contributed by atoms with Crippen molar-refractivity contribution in [1.82, 2.24) is 31.1 Å². The van der Waals surface area contributed by atoms with Gasteiger partial charge in [-0.2, -0.15) is 26.3 Å². The Kier molecular flexibility index (Phi) is 19.7. The van der Waals surface area contributed by atoms with Gasteiger partial charge in [0, 0.05) is 62.5 Å². The molecule has 12 rings (SSSR count). The molecule has 10 nitrogen and oxygen atoms in total. The molecule has 2 aliphatic carbocycles. The molecule has 2 aliphatic heterocycles. The lowest BCUT2D eigenvalue weighted by molar-refractivity contribution is -0.138. The predicted octanol–water partition coefficient (Wildman–Crippen LogP) is 15.4. The molecule has 0 aromatic heterocycles. The zero-order chi connectivity index (χ0) is 65.5. The lowest BCUT2D eigenvalue weighted by atomic mass is 9.73. The Morgan fingerprint density at radius 2 is 0.670 bits per heavy atom. The number of amides is 4. The Balaban J connectivity index is 0.623. The molecule has 0 radical (unpaired) electrons. The number of hydrogen-bond acceptors (Lipinski definition) is 6. The highest BCUT2D eigenvalue weighted by Crippen LogP contribution is 2.53. The van der Waals surface area contributed by atoms with Crippen LogP contribution in [-0.4, -0.2) is 97.9 Å². The van der Waals surface area contributed by atoms with Gasteiger partial charge in [-0.05, 0) is 180 Å². The van der Waals surface area contributed by atoms with E-state index in [-0.39, 0.29) is 35.7 Å². The molecule has 0 bridgehead atoms. The fraction of sp³-hybridized carbons (Fsp3) is 0.333. The van der Waals surface area contributed by atoms with E-state index in [1.807, 2.05) is 48.5 Å². The smallest absolute Gasteiger partial charge is 0.355 e. The average molecular weight is 1280 g/mol. The topological polar surface area (TPSA) is 123 Å². The molecule has 2 heterocycles. The number of carbonyl (C=O) groups excluding carboxylic acids is 4. The van der Waals surface area contributed by atoms with Gasteiger partial charge in [-0.15, -0.1) is 0 Å². The molecular weight excluding hydrogens is 1200 g/mol. The van der Waals surface area contributed by atoms with Gasteiger partial charge in [-0.1, -0.05) is 171 Å². The van der Waals surface area contributed by atoms with Crippen molar-refractivity contribution < 1.29 is 45.5 Å². The SMILES string of the molecule is O=C(NC1CCN(CCCCC2(C(=O)NCCCCNC(=O)C3(CCCCN4CCC(NC(=O)c5ccccc5-c5ccc(C(F)(F)F)cc5)CC4)c4ccccc4-c4ccccc43)c3ccccc3-c3ccccc32)CC1)c1ccccc1-c1ccc(C(F)(F)F)cc1. The van der Waals surface area contributed by atoms with Gasteiger partial charge in [0.15, 0.2) is 0 Å². The molecule has 0 saturated carbocycles. The van der Waals surface area contributed by atoms with Crippen LogP contribution in [0, 0.1) is 0 Å². The summed E-state index contributed by atoms with van der Waals surface area (Å²) in [6.07, 6.45) is 0.00387. The van der Waals surface area contributed by atoms with Crippen LogP contribution >= 0.6 is 0 Å². The number of hydrogen-bond donors (Lipinski definition) is 4. The zero-order valence-electron chi connectivity index (χ0n) is 52.6. The van der Waals surface area contributed by atoms with Gasteiger partial charge in [-0.3, -0.25) is 19.2 Å². The molecule has 0 spiro atoms. The number of unbranched alkanes of at least 4 members (excludes halogenated alkanes) is 3. The maximum atomic E-state index is 15.1. The van der Waals surface area contributed by atoms with Gasteiger partial charge >= 0.3 is 12.4 Å². The quantitative estimate of drug-likeness (QED) is 0.0374. The highest BCUT2D eigenvalue weighted by molar-refractivity contribution is 6.03. The average Bonchev–Trinajstić information content (AvgIpc) is 1.57. The van der Waals surface area contributed by atoms with Gasteiger partial charge in [-0.25, -0.2) is 0 Å². The van der Waals surface area contributed by atoms with Crippen LogP contribution in [0.4, 0.5) is 26.3 Å². The monoisotopic (exact) mass is 1280 g/mol. The van der Waals surface area contributed by atoms with Gasteiger partial charge in [0.1, 0.15) is 10.8 Å². The number of benzene rings is 8. The third kappa shape index (κ3) is 13.7.